The molecule has 0 aliphatic carbocycles. The summed E-state index contributed by atoms with van der Waals surface area (Å²) in [6.07, 6.45) is 5.04. The van der Waals surface area contributed by atoms with Crippen LogP contribution in [0.15, 0.2) is 58.1 Å². The zero-order valence-corrected chi connectivity index (χ0v) is 75.0. The number of aliphatic carboxylic acids is 6. The Kier molecular flexibility index (Phi) is 56.1. The highest BCUT2D eigenvalue weighted by Gasteiger charge is 2.29. The van der Waals surface area contributed by atoms with E-state index in [0.29, 0.717) is 134 Å². The van der Waals surface area contributed by atoms with Gasteiger partial charge in [-0.15, -0.1) is 0 Å². The largest absolute Gasteiger partial charge is 0.481 e. The normalized spacial score (nSPS) is 11.8. The summed E-state index contributed by atoms with van der Waals surface area (Å²) in [7, 11) is 0. The molecule has 0 saturated carbocycles. The number of hydrogen-bond acceptors (Lipinski definition) is 27. The van der Waals surface area contributed by atoms with Crippen molar-refractivity contribution in [3.8, 4) is 0 Å². The van der Waals surface area contributed by atoms with Crippen LogP contribution < -0.4 is 74.7 Å². The number of carboxylic acids is 6. The van der Waals surface area contributed by atoms with Gasteiger partial charge in [-0.2, -0.15) is 0 Å². The molecule has 0 bridgehead atoms. The quantitative estimate of drug-likeness (QED) is 0.0167. The topological polar surface area (TPSA) is 698 Å². The maximum atomic E-state index is 13.2. The molecule has 0 saturated heterocycles. The van der Waals surface area contributed by atoms with E-state index in [0.717, 1.165) is 0 Å². The average Bonchev–Trinajstić information content (AvgIpc) is 0.783. The Bertz CT molecular complexity index is 4200. The maximum Gasteiger partial charge on any atom is 0.326 e. The summed E-state index contributed by atoms with van der Waals surface area (Å²) >= 11 is 0. The first-order valence-electron chi connectivity index (χ1n) is 44.7. The third kappa shape index (κ3) is 51.3. The van der Waals surface area contributed by atoms with Crippen molar-refractivity contribution >= 4 is 124 Å². The molecule has 0 radical (unpaired) electrons. The Morgan fingerprint density at radius 2 is 0.647 bits per heavy atom. The minimum absolute atomic E-state index is 0.00148. The van der Waals surface area contributed by atoms with Gasteiger partial charge in [-0.25, -0.2) is 44.0 Å². The van der Waals surface area contributed by atoms with Gasteiger partial charge in [0, 0.05) is 180 Å². The first kappa shape index (κ1) is 114. The first-order chi connectivity index (χ1) is 63.3. The predicted molar refractivity (Wildman–Crippen MR) is 475 cm³/mol. The van der Waals surface area contributed by atoms with Crippen molar-refractivity contribution in [1.29, 1.82) is 0 Å². The number of Topliss-reactive ketones (excluding diaryl/α,β-unsaturated/α-hetero) is 2. The summed E-state index contributed by atoms with van der Waals surface area (Å²) in [6.45, 7) is 3.79. The number of unbranched alkanes of at least 4 members (excludes halogenated alkanes) is 9. The smallest absolute Gasteiger partial charge is 0.326 e. The van der Waals surface area contributed by atoms with E-state index in [-0.39, 0.29) is 228 Å². The zero-order valence-electron chi connectivity index (χ0n) is 75.0. The predicted octanol–water partition coefficient (Wildman–Crippen LogP) is 3.00. The van der Waals surface area contributed by atoms with Gasteiger partial charge >= 0.3 is 47.9 Å². The molecule has 3 rings (SSSR count). The molecular weight excluding hydrogens is 1750 g/mol. The Morgan fingerprint density at radius 1 is 0.301 bits per heavy atom. The number of hydroxylamine groups is 6. The molecule has 0 heterocycles. The summed E-state index contributed by atoms with van der Waals surface area (Å²) in [4.78, 5) is 258. The molecule has 13 amide bonds. The van der Waals surface area contributed by atoms with Crippen molar-refractivity contribution < 1.29 is 137 Å². The monoisotopic (exact) mass is 1880 g/mol. The molecule has 3 aromatic carbocycles. The van der Waals surface area contributed by atoms with Crippen LogP contribution in [0.4, 0.5) is 21.0 Å². The van der Waals surface area contributed by atoms with Crippen LogP contribution in [-0.2, 0) is 85.0 Å². The second-order valence-corrected chi connectivity index (χ2v) is 31.8. The zero-order chi connectivity index (χ0) is 98.6. The van der Waals surface area contributed by atoms with Gasteiger partial charge in [-0.3, -0.25) is 92.4 Å². The molecule has 133 heavy (non-hydrogen) atoms. The number of benzene rings is 2. The van der Waals surface area contributed by atoms with E-state index in [1.165, 1.54) is 19.1 Å². The number of urea groups is 2. The summed E-state index contributed by atoms with van der Waals surface area (Å²) in [6, 6.07) is 4.55. The van der Waals surface area contributed by atoms with Crippen LogP contribution in [0.25, 0.3) is 0 Å². The van der Waals surface area contributed by atoms with E-state index in [1.54, 1.807) is 36.4 Å². The lowest BCUT2D eigenvalue weighted by molar-refractivity contribution is -0.166. The van der Waals surface area contributed by atoms with Crippen molar-refractivity contribution in [2.75, 3.05) is 89.2 Å². The van der Waals surface area contributed by atoms with Gasteiger partial charge in [-0.1, -0.05) is 37.1 Å². The van der Waals surface area contributed by atoms with Gasteiger partial charge in [0.2, 0.25) is 41.4 Å². The maximum absolute atomic E-state index is 13.2. The molecule has 0 aromatic heterocycles. The van der Waals surface area contributed by atoms with Gasteiger partial charge in [0.1, 0.15) is 47.1 Å². The average molecular weight is 1880 g/mol. The number of rotatable bonds is 75. The van der Waals surface area contributed by atoms with Crippen molar-refractivity contribution in [2.24, 2.45) is 0 Å². The van der Waals surface area contributed by atoms with Gasteiger partial charge in [0.25, 0.3) is 22.7 Å². The number of carbonyl (C=O) groups is 19. The fourth-order valence-corrected chi connectivity index (χ4v) is 13.1. The highest BCUT2D eigenvalue weighted by Crippen LogP contribution is 2.17. The van der Waals surface area contributed by atoms with Gasteiger partial charge < -0.3 is 94.4 Å². The van der Waals surface area contributed by atoms with E-state index in [2.05, 4.69) is 63.8 Å². The van der Waals surface area contributed by atoms with E-state index in [1.807, 2.05) is 4.90 Å². The number of nitrogens with zero attached hydrogens (tertiary/aromatic N) is 4. The molecule has 0 spiro atoms. The second-order valence-electron chi connectivity index (χ2n) is 31.8. The van der Waals surface area contributed by atoms with Crippen LogP contribution in [0.3, 0.4) is 0 Å². The van der Waals surface area contributed by atoms with E-state index < -0.39 is 138 Å². The van der Waals surface area contributed by atoms with Crippen LogP contribution in [0.1, 0.15) is 251 Å². The fourth-order valence-electron chi connectivity index (χ4n) is 13.1. The molecule has 21 N–H and O–H groups in total. The molecule has 4 unspecified atom stereocenters. The standard InChI is InChI=1S/C87H130N16O30/c1-57(104)101(131)50-14-4-9-43-88-71(110)38-40-73(112)103(133)51-13-3-2-6-19-63(106)35-39-72(111)102(132)52-15-5-10-44-90-76-77(79(118)78(76)117)91-48-54-100(49-18-21-62(105)20-16-24-69(108)94-55-58-27-31-60(32-28-58)80(119)92-45-11-7-22-64(82(121)122)96-86(129)98-66(84(125)126)36-41-74(113)114)53-47-89-68(107)25-17-26-70(109)95-56-59-29-33-61(34-30-59)81(120)93-46-12-8-23-65(83(123)124)97-87(130)99-67(85(127)128)37-42-75(115)116/h27-34,64-67,90-91,131-133H,2-26,35-56H2,1H3,(H,88,110)(H,89,107)(H,92,119)(H,93,120)(H,94,108)(H,95,109)(H,113,114)(H,115,116)(H,121,122)(H,123,124)(H,125,126)(H,127,128)(H2,96,98,129)(H2,97,99,130). The highest BCUT2D eigenvalue weighted by atomic mass is 16.5. The fraction of sp³-hybridized carbons (Fsp3) is 0.598. The van der Waals surface area contributed by atoms with Crippen LogP contribution in [0, 0.1) is 0 Å². The van der Waals surface area contributed by atoms with E-state index >= 15 is 0 Å². The van der Waals surface area contributed by atoms with Gasteiger partial charge in [0.05, 0.1) is 0 Å². The molecule has 46 heteroatoms. The minimum atomic E-state index is -1.56. The molecule has 0 aliphatic heterocycles. The summed E-state index contributed by atoms with van der Waals surface area (Å²) in [5.41, 5.74) is 0.588. The lowest BCUT2D eigenvalue weighted by Gasteiger charge is -2.23. The van der Waals surface area contributed by atoms with Crippen LogP contribution >= 0.6 is 0 Å². The Labute approximate surface area is 767 Å². The van der Waals surface area contributed by atoms with Crippen molar-refractivity contribution in [3.63, 3.8) is 0 Å². The van der Waals surface area contributed by atoms with E-state index in [9.17, 15) is 137 Å². The Balaban J connectivity index is 1.44. The van der Waals surface area contributed by atoms with Gasteiger partial charge in [0.15, 0.2) is 0 Å². The SMILES string of the molecule is CC(=O)N(O)CCCCCNC(=O)CCC(=O)N(O)CCCCCCC(=O)CCC(=O)N(O)CCCCCNc1c(NCCN(CCCC(=O)CCCC(=O)NCc2ccc(C(=O)NCCCCC(NC(=O)NC(CCC(=O)O)C(=O)O)C(=O)O)cc2)CCNC(=O)CCCC(=O)NCc2ccc(C(=O)NCCCCC(NC(=O)NC(CCC(=O)O)C(=O)O)C(=O)O)cc2)c(=O)c1=O. The van der Waals surface area contributed by atoms with Crippen LogP contribution in [0.2, 0.25) is 0 Å². The molecule has 46 nitrogen and oxygen atoms in total. The summed E-state index contributed by atoms with van der Waals surface area (Å²) in [5, 5.41) is 118. The van der Waals surface area contributed by atoms with Crippen LogP contribution in [-0.4, -0.2) is 282 Å². The number of ketones is 2. The molecule has 738 valence electrons. The third-order valence-electron chi connectivity index (χ3n) is 20.9. The number of nitrogens with one attached hydrogen (secondary N) is 12. The number of amides is 13. The third-order valence-corrected chi connectivity index (χ3v) is 20.9. The van der Waals surface area contributed by atoms with Crippen molar-refractivity contribution in [3.05, 3.63) is 91.2 Å². The lowest BCUT2D eigenvalue weighted by Crippen LogP contribution is -2.51. The molecule has 0 aliphatic rings. The highest BCUT2D eigenvalue weighted by molar-refractivity contribution is 5.95. The van der Waals surface area contributed by atoms with Crippen molar-refractivity contribution in [2.45, 2.75) is 256 Å². The number of anilines is 2. The summed E-state index contributed by atoms with van der Waals surface area (Å²) < 4.78 is 0. The molecule has 3 aromatic rings. The lowest BCUT2D eigenvalue weighted by atomic mass is 10.1. The molecule has 0 fully saturated rings. The first-order valence-corrected chi connectivity index (χ1v) is 44.7. The Hall–Kier alpha value is -13.1. The van der Waals surface area contributed by atoms with E-state index in [4.69, 9.17) is 10.2 Å². The number of hydrogen-bond donors (Lipinski definition) is 21. The van der Waals surface area contributed by atoms with Crippen molar-refractivity contribution in [1.82, 2.24) is 73.3 Å². The van der Waals surface area contributed by atoms with Gasteiger partial charge in [-0.05, 0) is 164 Å². The summed E-state index contributed by atoms with van der Waals surface area (Å²) in [5.74, 6) is -12.6. The number of carboxylic acid groups (broad SMARTS) is 6. The molecule has 4 atom stereocenters. The Morgan fingerprint density at radius 3 is 1.10 bits per heavy atom. The second kappa shape index (κ2) is 65.4. The number of carbonyl (C=O) groups excluding carboxylic acids is 13. The minimum Gasteiger partial charge on any atom is -0.481 e. The van der Waals surface area contributed by atoms with Crippen LogP contribution in [0.5, 0.6) is 0 Å². The molecular formula is C87H130N16O30.